The molecule has 0 bridgehead atoms. The first-order valence-corrected chi connectivity index (χ1v) is 7.17. The van der Waals surface area contributed by atoms with Crippen molar-refractivity contribution in [2.45, 2.75) is 31.8 Å². The summed E-state index contributed by atoms with van der Waals surface area (Å²) < 4.78 is 0. The summed E-state index contributed by atoms with van der Waals surface area (Å²) >= 11 is 0. The lowest BCUT2D eigenvalue weighted by molar-refractivity contribution is -0.117. The van der Waals surface area contributed by atoms with Crippen LogP contribution in [0.4, 0.5) is 10.5 Å². The van der Waals surface area contributed by atoms with Crippen molar-refractivity contribution in [1.29, 1.82) is 0 Å². The molecule has 1 aliphatic heterocycles. The molecular formula is C15H21N3O3. The van der Waals surface area contributed by atoms with Gasteiger partial charge in [0.2, 0.25) is 5.91 Å². The number of aliphatic hydroxyl groups excluding tert-OH is 1. The second-order valence-corrected chi connectivity index (χ2v) is 5.15. The van der Waals surface area contributed by atoms with E-state index in [1.54, 1.807) is 4.90 Å². The number of aliphatic hydroxyl groups is 1. The highest BCUT2D eigenvalue weighted by Gasteiger charge is 2.31. The van der Waals surface area contributed by atoms with Crippen molar-refractivity contribution in [3.8, 4) is 0 Å². The van der Waals surface area contributed by atoms with Crippen LogP contribution in [-0.4, -0.2) is 42.3 Å². The van der Waals surface area contributed by atoms with Crippen LogP contribution in [0.3, 0.4) is 0 Å². The van der Waals surface area contributed by atoms with Crippen molar-refractivity contribution in [1.82, 2.24) is 10.6 Å². The lowest BCUT2D eigenvalue weighted by Crippen LogP contribution is -2.48. The standard InChI is InChI=1S/C15H21N3O3/c1-2-11(10-19)16-15(21)17-12-8-14(20)18(9-12)13-6-4-3-5-7-13/h3-7,11-12,19H,2,8-10H2,1H3,(H2,16,17,21)/t11-,12-/m0/s1. The fourth-order valence-electron chi connectivity index (χ4n) is 2.35. The van der Waals surface area contributed by atoms with E-state index in [0.29, 0.717) is 13.0 Å². The van der Waals surface area contributed by atoms with Gasteiger partial charge in [0.05, 0.1) is 18.7 Å². The summed E-state index contributed by atoms with van der Waals surface area (Å²) in [6.45, 7) is 2.26. The van der Waals surface area contributed by atoms with E-state index in [1.807, 2.05) is 37.3 Å². The van der Waals surface area contributed by atoms with Gasteiger partial charge in [-0.05, 0) is 18.6 Å². The molecule has 1 aromatic carbocycles. The van der Waals surface area contributed by atoms with Gasteiger partial charge in [-0.15, -0.1) is 0 Å². The zero-order valence-corrected chi connectivity index (χ0v) is 12.1. The number of para-hydroxylation sites is 1. The van der Waals surface area contributed by atoms with Crippen LogP contribution in [-0.2, 0) is 4.79 Å². The Morgan fingerprint density at radius 3 is 2.76 bits per heavy atom. The number of hydrogen-bond donors (Lipinski definition) is 3. The highest BCUT2D eigenvalue weighted by atomic mass is 16.3. The number of benzene rings is 1. The Balaban J connectivity index is 1.90. The molecule has 1 heterocycles. The van der Waals surface area contributed by atoms with E-state index in [-0.39, 0.29) is 37.0 Å². The molecular weight excluding hydrogens is 270 g/mol. The largest absolute Gasteiger partial charge is 0.394 e. The van der Waals surface area contributed by atoms with Gasteiger partial charge < -0.3 is 20.6 Å². The summed E-state index contributed by atoms with van der Waals surface area (Å²) in [7, 11) is 0. The van der Waals surface area contributed by atoms with E-state index in [0.717, 1.165) is 5.69 Å². The number of nitrogens with one attached hydrogen (secondary N) is 2. The molecule has 1 saturated heterocycles. The third-order valence-corrected chi connectivity index (χ3v) is 3.58. The van der Waals surface area contributed by atoms with E-state index in [9.17, 15) is 9.59 Å². The summed E-state index contributed by atoms with van der Waals surface area (Å²) in [4.78, 5) is 25.5. The summed E-state index contributed by atoms with van der Waals surface area (Å²) in [6.07, 6.45) is 0.946. The van der Waals surface area contributed by atoms with Crippen LogP contribution in [0.1, 0.15) is 19.8 Å². The van der Waals surface area contributed by atoms with Gasteiger partial charge in [-0.25, -0.2) is 4.79 Å². The molecule has 0 unspecified atom stereocenters. The Bertz CT molecular complexity index is 488. The Hall–Kier alpha value is -2.08. The monoisotopic (exact) mass is 291 g/mol. The van der Waals surface area contributed by atoms with Crippen molar-refractivity contribution in [2.75, 3.05) is 18.1 Å². The molecule has 1 aromatic rings. The lowest BCUT2D eigenvalue weighted by atomic mass is 10.2. The number of urea groups is 1. The molecule has 2 atom stereocenters. The molecule has 0 saturated carbocycles. The first-order valence-electron chi connectivity index (χ1n) is 7.17. The Labute approximate surface area is 124 Å². The predicted octanol–water partition coefficient (Wildman–Crippen LogP) is 0.862. The molecule has 1 aliphatic rings. The third kappa shape index (κ3) is 3.95. The van der Waals surface area contributed by atoms with Gasteiger partial charge in [-0.2, -0.15) is 0 Å². The molecule has 21 heavy (non-hydrogen) atoms. The molecule has 6 nitrogen and oxygen atoms in total. The predicted molar refractivity (Wildman–Crippen MR) is 80.0 cm³/mol. The molecule has 0 aromatic heterocycles. The molecule has 6 heteroatoms. The Morgan fingerprint density at radius 1 is 1.43 bits per heavy atom. The van der Waals surface area contributed by atoms with Crippen LogP contribution in [0.25, 0.3) is 0 Å². The minimum absolute atomic E-state index is 0.000648. The molecule has 0 radical (unpaired) electrons. The number of carbonyl (C=O) groups excluding carboxylic acids is 2. The Kier molecular flexibility index (Phi) is 5.16. The molecule has 0 spiro atoms. The second-order valence-electron chi connectivity index (χ2n) is 5.15. The fourth-order valence-corrected chi connectivity index (χ4v) is 2.35. The molecule has 3 amide bonds. The number of rotatable bonds is 5. The molecule has 114 valence electrons. The number of nitrogens with zero attached hydrogens (tertiary/aromatic N) is 1. The van der Waals surface area contributed by atoms with E-state index in [1.165, 1.54) is 0 Å². The van der Waals surface area contributed by atoms with E-state index >= 15 is 0 Å². The Morgan fingerprint density at radius 2 is 2.14 bits per heavy atom. The fraction of sp³-hybridized carbons (Fsp3) is 0.467. The average molecular weight is 291 g/mol. The minimum atomic E-state index is -0.344. The number of anilines is 1. The van der Waals surface area contributed by atoms with Crippen LogP contribution in [0.2, 0.25) is 0 Å². The normalized spacial score (nSPS) is 19.4. The van der Waals surface area contributed by atoms with Crippen LogP contribution in [0.15, 0.2) is 30.3 Å². The summed E-state index contributed by atoms with van der Waals surface area (Å²) in [5.74, 6) is 0.000648. The van der Waals surface area contributed by atoms with Crippen molar-refractivity contribution in [2.24, 2.45) is 0 Å². The van der Waals surface area contributed by atoms with Crippen LogP contribution >= 0.6 is 0 Å². The lowest BCUT2D eigenvalue weighted by Gasteiger charge is -2.19. The van der Waals surface area contributed by atoms with Gasteiger partial charge in [0.25, 0.3) is 0 Å². The maximum atomic E-state index is 12.0. The van der Waals surface area contributed by atoms with Crippen molar-refractivity contribution in [3.05, 3.63) is 30.3 Å². The van der Waals surface area contributed by atoms with Crippen LogP contribution in [0, 0.1) is 0 Å². The second kappa shape index (κ2) is 7.08. The first-order chi connectivity index (χ1) is 10.1. The van der Waals surface area contributed by atoms with Gasteiger partial charge in [0.1, 0.15) is 0 Å². The van der Waals surface area contributed by atoms with Gasteiger partial charge in [0, 0.05) is 18.7 Å². The smallest absolute Gasteiger partial charge is 0.315 e. The van der Waals surface area contributed by atoms with Crippen LogP contribution < -0.4 is 15.5 Å². The highest BCUT2D eigenvalue weighted by molar-refractivity contribution is 5.96. The quantitative estimate of drug-likeness (QED) is 0.752. The first kappa shape index (κ1) is 15.3. The third-order valence-electron chi connectivity index (χ3n) is 3.58. The zero-order chi connectivity index (χ0) is 15.2. The van der Waals surface area contributed by atoms with Crippen molar-refractivity contribution in [3.63, 3.8) is 0 Å². The van der Waals surface area contributed by atoms with Crippen molar-refractivity contribution >= 4 is 17.6 Å². The minimum Gasteiger partial charge on any atom is -0.394 e. The van der Waals surface area contributed by atoms with Crippen LogP contribution in [0.5, 0.6) is 0 Å². The molecule has 1 fully saturated rings. The summed E-state index contributed by atoms with van der Waals surface area (Å²) in [5.41, 5.74) is 0.842. The summed E-state index contributed by atoms with van der Waals surface area (Å²) in [5, 5.41) is 14.5. The summed E-state index contributed by atoms with van der Waals surface area (Å²) in [6, 6.07) is 8.59. The van der Waals surface area contributed by atoms with Gasteiger partial charge in [-0.3, -0.25) is 4.79 Å². The van der Waals surface area contributed by atoms with Gasteiger partial charge in [0.15, 0.2) is 0 Å². The topological polar surface area (TPSA) is 81.7 Å². The molecule has 3 N–H and O–H groups in total. The van der Waals surface area contributed by atoms with E-state index < -0.39 is 0 Å². The zero-order valence-electron chi connectivity index (χ0n) is 12.1. The maximum absolute atomic E-state index is 12.0. The molecule has 2 rings (SSSR count). The number of carbonyl (C=O) groups is 2. The maximum Gasteiger partial charge on any atom is 0.315 e. The average Bonchev–Trinajstić information content (AvgIpc) is 2.86. The van der Waals surface area contributed by atoms with E-state index in [4.69, 9.17) is 5.11 Å². The number of amides is 3. The SMILES string of the molecule is CC[C@@H](CO)NC(=O)N[C@H]1CC(=O)N(c2ccccc2)C1. The van der Waals surface area contributed by atoms with Crippen molar-refractivity contribution < 1.29 is 14.7 Å². The highest BCUT2D eigenvalue weighted by Crippen LogP contribution is 2.20. The number of hydrogen-bond acceptors (Lipinski definition) is 3. The van der Waals surface area contributed by atoms with Gasteiger partial charge in [-0.1, -0.05) is 25.1 Å². The molecule has 0 aliphatic carbocycles. The van der Waals surface area contributed by atoms with Gasteiger partial charge >= 0.3 is 6.03 Å². The van der Waals surface area contributed by atoms with E-state index in [2.05, 4.69) is 10.6 Å².